The van der Waals surface area contributed by atoms with Gasteiger partial charge in [-0.2, -0.15) is 0 Å². The van der Waals surface area contributed by atoms with Crippen molar-refractivity contribution in [2.24, 2.45) is 0 Å². The highest BCUT2D eigenvalue weighted by Crippen LogP contribution is 2.40. The largest absolute Gasteiger partial charge is 0.497 e. The molecule has 0 saturated carbocycles. The van der Waals surface area contributed by atoms with Gasteiger partial charge in [-0.15, -0.1) is 0 Å². The number of aromatic nitrogens is 2. The minimum absolute atomic E-state index is 0.726. The van der Waals surface area contributed by atoms with Gasteiger partial charge in [-0.05, 0) is 68.0 Å². The molecule has 0 aliphatic carbocycles. The van der Waals surface area contributed by atoms with E-state index >= 15 is 0 Å². The van der Waals surface area contributed by atoms with Gasteiger partial charge in [0.15, 0.2) is 0 Å². The molecular formula is C29H32ClN3O2S. The normalized spacial score (nSPS) is 13.1. The molecule has 0 fully saturated rings. The smallest absolute Gasteiger partial charge is 0.124 e. The summed E-state index contributed by atoms with van der Waals surface area (Å²) in [6, 6.07) is 16.4. The molecule has 1 aliphatic heterocycles. The maximum absolute atomic E-state index is 6.19. The van der Waals surface area contributed by atoms with E-state index in [9.17, 15) is 0 Å². The number of benzene rings is 2. The number of ether oxygens (including phenoxy) is 2. The lowest BCUT2D eigenvalue weighted by atomic mass is 9.98. The predicted octanol–water partition coefficient (Wildman–Crippen LogP) is 6.76. The summed E-state index contributed by atoms with van der Waals surface area (Å²) < 4.78 is 15.7. The first-order chi connectivity index (χ1) is 17.6. The highest BCUT2D eigenvalue weighted by Gasteiger charge is 2.28. The van der Waals surface area contributed by atoms with Crippen molar-refractivity contribution >= 4 is 34.5 Å². The average molecular weight is 522 g/mol. The molecule has 188 valence electrons. The maximum atomic E-state index is 6.19. The van der Waals surface area contributed by atoms with Crippen LogP contribution in [-0.2, 0) is 17.7 Å². The van der Waals surface area contributed by atoms with E-state index in [0.717, 1.165) is 84.6 Å². The second-order valence-electron chi connectivity index (χ2n) is 9.06. The van der Waals surface area contributed by atoms with Crippen molar-refractivity contribution in [3.05, 3.63) is 71.0 Å². The first-order valence-electron chi connectivity index (χ1n) is 12.6. The topological polar surface area (TPSA) is 39.8 Å². The number of nitrogens with one attached hydrogen (secondary N) is 1. The van der Waals surface area contributed by atoms with Crippen LogP contribution < -0.4 is 10.1 Å². The molecule has 1 N–H and O–H groups in total. The predicted molar refractivity (Wildman–Crippen MR) is 152 cm³/mol. The van der Waals surface area contributed by atoms with Crippen molar-refractivity contribution in [1.29, 1.82) is 0 Å². The third-order valence-electron chi connectivity index (χ3n) is 6.82. The van der Waals surface area contributed by atoms with Crippen LogP contribution >= 0.6 is 23.8 Å². The summed E-state index contributed by atoms with van der Waals surface area (Å²) in [5.41, 5.74) is 8.35. The molecule has 4 aromatic rings. The third kappa shape index (κ3) is 4.77. The molecular weight excluding hydrogens is 490 g/mol. The van der Waals surface area contributed by atoms with Gasteiger partial charge in [0.05, 0.1) is 18.5 Å². The molecule has 0 unspecified atom stereocenters. The van der Waals surface area contributed by atoms with Crippen LogP contribution in [0.3, 0.4) is 0 Å². The Kier molecular flexibility index (Phi) is 7.65. The number of halogens is 1. The highest BCUT2D eigenvalue weighted by atomic mass is 35.5. The molecule has 7 heteroatoms. The zero-order chi connectivity index (χ0) is 25.1. The van der Waals surface area contributed by atoms with Crippen LogP contribution in [0.15, 0.2) is 54.7 Å². The molecule has 0 spiro atoms. The van der Waals surface area contributed by atoms with E-state index in [4.69, 9.17) is 33.3 Å². The monoisotopic (exact) mass is 521 g/mol. The Hall–Kier alpha value is -2.80. The number of hydrogen-bond donors (Lipinski definition) is 1. The summed E-state index contributed by atoms with van der Waals surface area (Å²) in [4.78, 5) is 0.763. The van der Waals surface area contributed by atoms with Gasteiger partial charge < -0.3 is 19.4 Å². The number of methoxy groups -OCH3 is 1. The first kappa shape index (κ1) is 24.9. The summed E-state index contributed by atoms with van der Waals surface area (Å²) in [6.07, 6.45) is 6.44. The van der Waals surface area contributed by atoms with Gasteiger partial charge in [-0.25, -0.2) is 0 Å². The Bertz CT molecular complexity index is 1360. The van der Waals surface area contributed by atoms with Crippen molar-refractivity contribution < 1.29 is 9.47 Å². The quantitative estimate of drug-likeness (QED) is 0.195. The molecule has 5 rings (SSSR count). The second kappa shape index (κ2) is 11.1. The molecule has 2 aromatic heterocycles. The number of thiocarbonyl (C=S) groups is 1. The summed E-state index contributed by atoms with van der Waals surface area (Å²) in [5.74, 6) is 0.848. The molecule has 0 amide bonds. The Morgan fingerprint density at radius 2 is 1.81 bits per heavy atom. The van der Waals surface area contributed by atoms with E-state index in [1.54, 1.807) is 7.11 Å². The lowest BCUT2D eigenvalue weighted by Gasteiger charge is -2.12. The Morgan fingerprint density at radius 1 is 1.06 bits per heavy atom. The number of hydrogen-bond acceptors (Lipinski definition) is 3. The lowest BCUT2D eigenvalue weighted by molar-refractivity contribution is 0.146. The molecule has 5 nitrogen and oxygen atoms in total. The molecule has 2 aromatic carbocycles. The van der Waals surface area contributed by atoms with E-state index in [0.29, 0.717) is 0 Å². The van der Waals surface area contributed by atoms with Crippen LogP contribution in [0.1, 0.15) is 37.4 Å². The number of nitrogens with zero attached hydrogens (tertiary/aromatic N) is 2. The van der Waals surface area contributed by atoms with Crippen LogP contribution in [0.5, 0.6) is 5.75 Å². The van der Waals surface area contributed by atoms with E-state index in [-0.39, 0.29) is 0 Å². The standard InChI is InChI=1S/C29H32ClN3O2S/c1-3-35-18-6-16-31-28(36)27-26(21-10-14-23(34-2)15-11-21)24-7-4-5-17-32-25(19-33(27)29(24)32)20-8-12-22(30)13-9-20/h8-15,19H,3-7,16-18H2,1-2H3,(H,31,36). The van der Waals surface area contributed by atoms with Crippen molar-refractivity contribution in [3.63, 3.8) is 0 Å². The zero-order valence-corrected chi connectivity index (χ0v) is 22.4. The van der Waals surface area contributed by atoms with Gasteiger partial charge in [0.2, 0.25) is 0 Å². The summed E-state index contributed by atoms with van der Waals surface area (Å²) >= 11 is 12.2. The molecule has 1 aliphatic rings. The number of imidazole rings is 1. The average Bonchev–Trinajstić information content (AvgIpc) is 3.32. The van der Waals surface area contributed by atoms with Crippen molar-refractivity contribution in [2.45, 2.75) is 39.2 Å². The zero-order valence-electron chi connectivity index (χ0n) is 20.9. The molecule has 0 saturated heterocycles. The molecule has 0 atom stereocenters. The van der Waals surface area contributed by atoms with E-state index in [1.165, 1.54) is 22.5 Å². The maximum Gasteiger partial charge on any atom is 0.124 e. The van der Waals surface area contributed by atoms with Gasteiger partial charge in [0.1, 0.15) is 16.4 Å². The molecule has 36 heavy (non-hydrogen) atoms. The van der Waals surface area contributed by atoms with Gasteiger partial charge in [0.25, 0.3) is 0 Å². The van der Waals surface area contributed by atoms with Gasteiger partial charge in [-0.1, -0.05) is 48.1 Å². The van der Waals surface area contributed by atoms with E-state index in [1.807, 2.05) is 31.2 Å². The summed E-state index contributed by atoms with van der Waals surface area (Å²) in [6.45, 7) is 5.22. The van der Waals surface area contributed by atoms with Gasteiger partial charge >= 0.3 is 0 Å². The fourth-order valence-corrected chi connectivity index (χ4v) is 5.56. The van der Waals surface area contributed by atoms with Crippen molar-refractivity contribution in [2.75, 3.05) is 26.9 Å². The Morgan fingerprint density at radius 3 is 2.53 bits per heavy atom. The van der Waals surface area contributed by atoms with Gasteiger partial charge in [-0.3, -0.25) is 4.40 Å². The third-order valence-corrected chi connectivity index (χ3v) is 7.41. The lowest BCUT2D eigenvalue weighted by Crippen LogP contribution is -2.26. The fraction of sp³-hybridized carbons (Fsp3) is 0.345. The van der Waals surface area contributed by atoms with Crippen molar-refractivity contribution in [3.8, 4) is 28.1 Å². The molecule has 0 radical (unpaired) electrons. The van der Waals surface area contributed by atoms with Crippen LogP contribution in [0.25, 0.3) is 28.0 Å². The highest BCUT2D eigenvalue weighted by molar-refractivity contribution is 7.80. The number of aryl methyl sites for hydroxylation is 2. The minimum Gasteiger partial charge on any atom is -0.497 e. The molecule has 0 bridgehead atoms. The fourth-order valence-electron chi connectivity index (χ4n) is 5.13. The number of rotatable bonds is 9. The minimum atomic E-state index is 0.726. The Balaban J connectivity index is 1.66. The summed E-state index contributed by atoms with van der Waals surface area (Å²) in [7, 11) is 1.70. The second-order valence-corrected chi connectivity index (χ2v) is 9.91. The van der Waals surface area contributed by atoms with E-state index < -0.39 is 0 Å². The SMILES string of the molecule is CCOCCCNC(=S)c1c(-c2ccc(OC)cc2)c2c3n(c(-c4ccc(Cl)cc4)cn13)CCCC2. The van der Waals surface area contributed by atoms with Crippen LogP contribution in [0, 0.1) is 0 Å². The van der Waals surface area contributed by atoms with E-state index in [2.05, 4.69) is 44.7 Å². The van der Waals surface area contributed by atoms with Gasteiger partial charge in [0, 0.05) is 48.6 Å². The first-order valence-corrected chi connectivity index (χ1v) is 13.4. The van der Waals surface area contributed by atoms with Crippen LogP contribution in [0.4, 0.5) is 0 Å². The summed E-state index contributed by atoms with van der Waals surface area (Å²) in [5, 5.41) is 4.26. The Labute approximate surface area is 223 Å². The van der Waals surface area contributed by atoms with Crippen molar-refractivity contribution in [1.82, 2.24) is 14.3 Å². The van der Waals surface area contributed by atoms with Crippen LogP contribution in [0.2, 0.25) is 5.02 Å². The van der Waals surface area contributed by atoms with Crippen LogP contribution in [-0.4, -0.2) is 40.8 Å². The molecule has 3 heterocycles.